The molecular formula is C13H19NO3. The average molecular weight is 237 g/mol. The first kappa shape index (κ1) is 13.5. The number of rotatable bonds is 6. The van der Waals surface area contributed by atoms with Crippen LogP contribution in [0.15, 0.2) is 18.2 Å². The van der Waals surface area contributed by atoms with Gasteiger partial charge in [0, 0.05) is 18.7 Å². The van der Waals surface area contributed by atoms with Gasteiger partial charge in [-0.15, -0.1) is 0 Å². The second-order valence-electron chi connectivity index (χ2n) is 4.19. The van der Waals surface area contributed by atoms with Crippen LogP contribution in [0.2, 0.25) is 0 Å². The molecule has 17 heavy (non-hydrogen) atoms. The van der Waals surface area contributed by atoms with Gasteiger partial charge in [0.1, 0.15) is 5.75 Å². The molecule has 0 saturated carbocycles. The van der Waals surface area contributed by atoms with Crippen molar-refractivity contribution in [1.82, 2.24) is 5.32 Å². The average Bonchev–Trinajstić information content (AvgIpc) is 2.29. The second kappa shape index (κ2) is 6.25. The van der Waals surface area contributed by atoms with E-state index in [0.717, 1.165) is 16.9 Å². The summed E-state index contributed by atoms with van der Waals surface area (Å²) in [7, 11) is 1.63. The number of nitrogens with one attached hydrogen (secondary N) is 1. The third-order valence-electron chi connectivity index (χ3n) is 2.62. The fourth-order valence-electron chi connectivity index (χ4n) is 1.56. The summed E-state index contributed by atoms with van der Waals surface area (Å²) >= 11 is 0. The largest absolute Gasteiger partial charge is 0.496 e. The van der Waals surface area contributed by atoms with Crippen molar-refractivity contribution in [3.8, 4) is 5.75 Å². The summed E-state index contributed by atoms with van der Waals surface area (Å²) in [6.07, 6.45) is 0. The SMILES string of the molecule is COc1ccc(C)cc1CNCC(C)C(=O)O. The summed E-state index contributed by atoms with van der Waals surface area (Å²) < 4.78 is 5.25. The molecule has 1 aromatic rings. The third-order valence-corrected chi connectivity index (χ3v) is 2.62. The number of ether oxygens (including phenoxy) is 1. The highest BCUT2D eigenvalue weighted by atomic mass is 16.5. The van der Waals surface area contributed by atoms with Crippen molar-refractivity contribution in [2.45, 2.75) is 20.4 Å². The zero-order valence-electron chi connectivity index (χ0n) is 10.5. The van der Waals surface area contributed by atoms with Gasteiger partial charge in [-0.05, 0) is 13.0 Å². The maximum absolute atomic E-state index is 10.7. The number of aryl methyl sites for hydroxylation is 1. The quantitative estimate of drug-likeness (QED) is 0.792. The van der Waals surface area contributed by atoms with Gasteiger partial charge in [0.05, 0.1) is 13.0 Å². The van der Waals surface area contributed by atoms with Crippen LogP contribution in [0.4, 0.5) is 0 Å². The van der Waals surface area contributed by atoms with E-state index in [1.807, 2.05) is 25.1 Å². The molecule has 2 N–H and O–H groups in total. The number of carboxylic acids is 1. The summed E-state index contributed by atoms with van der Waals surface area (Å²) in [6, 6.07) is 5.95. The summed E-state index contributed by atoms with van der Waals surface area (Å²) in [6.45, 7) is 4.76. The first-order chi connectivity index (χ1) is 8.04. The van der Waals surface area contributed by atoms with Gasteiger partial charge in [-0.1, -0.05) is 24.6 Å². The number of hydrogen-bond acceptors (Lipinski definition) is 3. The minimum Gasteiger partial charge on any atom is -0.496 e. The van der Waals surface area contributed by atoms with Crippen molar-refractivity contribution >= 4 is 5.97 Å². The van der Waals surface area contributed by atoms with E-state index in [0.29, 0.717) is 13.1 Å². The highest BCUT2D eigenvalue weighted by Crippen LogP contribution is 2.19. The molecule has 0 aliphatic rings. The van der Waals surface area contributed by atoms with E-state index in [2.05, 4.69) is 5.32 Å². The zero-order chi connectivity index (χ0) is 12.8. The number of aliphatic carboxylic acids is 1. The van der Waals surface area contributed by atoms with Crippen LogP contribution >= 0.6 is 0 Å². The molecule has 0 saturated heterocycles. The van der Waals surface area contributed by atoms with Gasteiger partial charge < -0.3 is 15.2 Å². The molecular weight excluding hydrogens is 218 g/mol. The van der Waals surface area contributed by atoms with Crippen LogP contribution in [0.5, 0.6) is 5.75 Å². The van der Waals surface area contributed by atoms with Gasteiger partial charge in [-0.3, -0.25) is 4.79 Å². The lowest BCUT2D eigenvalue weighted by molar-refractivity contribution is -0.140. The van der Waals surface area contributed by atoms with Crippen molar-refractivity contribution in [2.75, 3.05) is 13.7 Å². The minimum atomic E-state index is -0.784. The molecule has 1 atom stereocenters. The first-order valence-electron chi connectivity index (χ1n) is 5.61. The molecule has 1 rings (SSSR count). The van der Waals surface area contributed by atoms with Crippen LogP contribution in [-0.4, -0.2) is 24.7 Å². The monoisotopic (exact) mass is 237 g/mol. The van der Waals surface area contributed by atoms with Crippen molar-refractivity contribution in [2.24, 2.45) is 5.92 Å². The van der Waals surface area contributed by atoms with Gasteiger partial charge in [0.2, 0.25) is 0 Å². The molecule has 0 spiro atoms. The molecule has 0 aliphatic carbocycles. The Morgan fingerprint density at radius 1 is 1.53 bits per heavy atom. The van der Waals surface area contributed by atoms with Gasteiger partial charge >= 0.3 is 5.97 Å². The smallest absolute Gasteiger partial charge is 0.307 e. The summed E-state index contributed by atoms with van der Waals surface area (Å²) in [5, 5.41) is 11.9. The van der Waals surface area contributed by atoms with E-state index < -0.39 is 5.97 Å². The third kappa shape index (κ3) is 4.07. The highest BCUT2D eigenvalue weighted by Gasteiger charge is 2.10. The van der Waals surface area contributed by atoms with Gasteiger partial charge in [-0.25, -0.2) is 0 Å². The molecule has 0 heterocycles. The Kier molecular flexibility index (Phi) is 4.97. The number of methoxy groups -OCH3 is 1. The van der Waals surface area contributed by atoms with Crippen LogP contribution in [0, 0.1) is 12.8 Å². The molecule has 0 amide bonds. The Hall–Kier alpha value is -1.55. The van der Waals surface area contributed by atoms with Crippen molar-refractivity contribution in [1.29, 1.82) is 0 Å². The summed E-state index contributed by atoms with van der Waals surface area (Å²) in [4.78, 5) is 10.7. The van der Waals surface area contributed by atoms with Gasteiger partial charge in [0.15, 0.2) is 0 Å². The van der Waals surface area contributed by atoms with Crippen molar-refractivity contribution in [3.63, 3.8) is 0 Å². The number of carbonyl (C=O) groups is 1. The molecule has 0 aromatic heterocycles. The molecule has 0 radical (unpaired) electrons. The zero-order valence-corrected chi connectivity index (χ0v) is 10.5. The fourth-order valence-corrected chi connectivity index (χ4v) is 1.56. The second-order valence-corrected chi connectivity index (χ2v) is 4.19. The first-order valence-corrected chi connectivity index (χ1v) is 5.61. The van der Waals surface area contributed by atoms with Crippen LogP contribution in [0.3, 0.4) is 0 Å². The Bertz CT molecular complexity index is 390. The number of hydrogen-bond donors (Lipinski definition) is 2. The Morgan fingerprint density at radius 2 is 2.24 bits per heavy atom. The lowest BCUT2D eigenvalue weighted by Crippen LogP contribution is -2.26. The maximum atomic E-state index is 10.7. The van der Waals surface area contributed by atoms with Crippen LogP contribution in [0.1, 0.15) is 18.1 Å². The fraction of sp³-hybridized carbons (Fsp3) is 0.462. The summed E-state index contributed by atoms with van der Waals surface area (Å²) in [5.41, 5.74) is 2.21. The Morgan fingerprint density at radius 3 is 2.82 bits per heavy atom. The predicted octanol–water partition coefficient (Wildman–Crippen LogP) is 1.81. The normalized spacial score (nSPS) is 12.2. The molecule has 0 aliphatic heterocycles. The standard InChI is InChI=1S/C13H19NO3/c1-9-4-5-12(17-3)11(6-9)8-14-7-10(2)13(15)16/h4-6,10,14H,7-8H2,1-3H3,(H,15,16). The number of benzene rings is 1. The van der Waals surface area contributed by atoms with Gasteiger partial charge in [-0.2, -0.15) is 0 Å². The minimum absolute atomic E-state index is 0.384. The maximum Gasteiger partial charge on any atom is 0.307 e. The van der Waals surface area contributed by atoms with E-state index in [1.165, 1.54) is 0 Å². The predicted molar refractivity (Wildman–Crippen MR) is 66.2 cm³/mol. The topological polar surface area (TPSA) is 58.6 Å². The molecule has 4 nitrogen and oxygen atoms in total. The van der Waals surface area contributed by atoms with Crippen molar-refractivity contribution in [3.05, 3.63) is 29.3 Å². The van der Waals surface area contributed by atoms with E-state index in [9.17, 15) is 4.79 Å². The molecule has 1 unspecified atom stereocenters. The van der Waals surface area contributed by atoms with E-state index in [1.54, 1.807) is 14.0 Å². The summed E-state index contributed by atoms with van der Waals surface area (Å²) in [5.74, 6) is -0.342. The molecule has 0 bridgehead atoms. The molecule has 0 fully saturated rings. The van der Waals surface area contributed by atoms with Crippen LogP contribution < -0.4 is 10.1 Å². The Labute approximate surface area is 102 Å². The molecule has 1 aromatic carbocycles. The van der Waals surface area contributed by atoms with Crippen LogP contribution in [0.25, 0.3) is 0 Å². The van der Waals surface area contributed by atoms with Crippen LogP contribution in [-0.2, 0) is 11.3 Å². The van der Waals surface area contributed by atoms with E-state index in [4.69, 9.17) is 9.84 Å². The van der Waals surface area contributed by atoms with Gasteiger partial charge in [0.25, 0.3) is 0 Å². The van der Waals surface area contributed by atoms with E-state index in [-0.39, 0.29) is 5.92 Å². The molecule has 94 valence electrons. The highest BCUT2D eigenvalue weighted by molar-refractivity contribution is 5.69. The van der Waals surface area contributed by atoms with Crippen molar-refractivity contribution < 1.29 is 14.6 Å². The number of carboxylic acid groups (broad SMARTS) is 1. The molecule has 4 heteroatoms. The van der Waals surface area contributed by atoms with E-state index >= 15 is 0 Å². The Balaban J connectivity index is 2.56. The lowest BCUT2D eigenvalue weighted by Gasteiger charge is -2.12. The lowest BCUT2D eigenvalue weighted by atomic mass is 10.1.